The molecule has 0 aromatic heterocycles. The average Bonchev–Trinajstić information content (AvgIpc) is 2.58. The van der Waals surface area contributed by atoms with Crippen LogP contribution in [0.1, 0.15) is 11.1 Å². The molecule has 0 spiro atoms. The SMILES string of the molecule is Cc1ccc(-c2ccc(-c3ccc(C[Si])cc3)cc2)cc1F. The van der Waals surface area contributed by atoms with E-state index in [-0.39, 0.29) is 5.82 Å². The lowest BCUT2D eigenvalue weighted by Gasteiger charge is -2.07. The zero-order valence-electron chi connectivity index (χ0n) is 12.4. The van der Waals surface area contributed by atoms with Gasteiger partial charge in [0.1, 0.15) is 5.82 Å². The Hall–Kier alpha value is -2.19. The van der Waals surface area contributed by atoms with Gasteiger partial charge in [-0.2, -0.15) is 0 Å². The van der Waals surface area contributed by atoms with E-state index in [4.69, 9.17) is 0 Å². The molecule has 0 bridgehead atoms. The Bertz CT molecular complexity index is 774. The Labute approximate surface area is 134 Å². The van der Waals surface area contributed by atoms with Crippen LogP contribution < -0.4 is 0 Å². The molecule has 2 heteroatoms. The molecule has 0 atom stereocenters. The van der Waals surface area contributed by atoms with Crippen molar-refractivity contribution in [1.82, 2.24) is 0 Å². The van der Waals surface area contributed by atoms with E-state index >= 15 is 0 Å². The fourth-order valence-electron chi connectivity index (χ4n) is 2.44. The third kappa shape index (κ3) is 3.02. The Morgan fingerprint density at radius 1 is 0.727 bits per heavy atom. The van der Waals surface area contributed by atoms with Crippen LogP contribution in [0.3, 0.4) is 0 Å². The molecule has 0 saturated carbocycles. The van der Waals surface area contributed by atoms with E-state index in [1.54, 1.807) is 13.0 Å². The largest absolute Gasteiger partial charge is 0.207 e. The van der Waals surface area contributed by atoms with Crippen LogP contribution in [-0.4, -0.2) is 10.2 Å². The Balaban J connectivity index is 1.89. The fraction of sp³-hybridized carbons (Fsp3) is 0.100. The van der Waals surface area contributed by atoms with E-state index in [1.807, 2.05) is 24.3 Å². The van der Waals surface area contributed by atoms with Gasteiger partial charge in [0, 0.05) is 10.2 Å². The fourth-order valence-corrected chi connectivity index (χ4v) is 2.68. The quantitative estimate of drug-likeness (QED) is 0.588. The van der Waals surface area contributed by atoms with Crippen LogP contribution in [0.2, 0.25) is 0 Å². The van der Waals surface area contributed by atoms with Crippen LogP contribution in [0.4, 0.5) is 4.39 Å². The van der Waals surface area contributed by atoms with Crippen LogP contribution >= 0.6 is 0 Å². The molecule has 0 nitrogen and oxygen atoms in total. The average molecular weight is 303 g/mol. The maximum atomic E-state index is 13.7. The third-order valence-corrected chi connectivity index (χ3v) is 4.29. The summed E-state index contributed by atoms with van der Waals surface area (Å²) in [5, 5.41) is 0. The van der Waals surface area contributed by atoms with Crippen molar-refractivity contribution < 1.29 is 4.39 Å². The van der Waals surface area contributed by atoms with Crippen molar-refractivity contribution in [2.75, 3.05) is 0 Å². The van der Waals surface area contributed by atoms with Crippen molar-refractivity contribution in [3.05, 3.63) is 83.7 Å². The van der Waals surface area contributed by atoms with Gasteiger partial charge < -0.3 is 0 Å². The maximum absolute atomic E-state index is 13.7. The third-order valence-electron chi connectivity index (χ3n) is 3.88. The summed E-state index contributed by atoms with van der Waals surface area (Å²) in [6, 6.07) is 22.9. The molecular weight excluding hydrogens is 287 g/mol. The Kier molecular flexibility index (Phi) is 4.21. The summed E-state index contributed by atoms with van der Waals surface area (Å²) in [6.45, 7) is 1.78. The molecule has 0 aliphatic carbocycles. The van der Waals surface area contributed by atoms with Gasteiger partial charge in [0.05, 0.1) is 0 Å². The molecule has 0 aliphatic heterocycles. The summed E-state index contributed by atoms with van der Waals surface area (Å²) in [7, 11) is 3.50. The molecule has 0 saturated heterocycles. The highest BCUT2D eigenvalue weighted by molar-refractivity contribution is 6.08. The van der Waals surface area contributed by atoms with Crippen LogP contribution in [0.15, 0.2) is 66.7 Å². The molecule has 0 amide bonds. The zero-order valence-corrected chi connectivity index (χ0v) is 13.4. The van der Waals surface area contributed by atoms with Crippen molar-refractivity contribution in [1.29, 1.82) is 0 Å². The van der Waals surface area contributed by atoms with Gasteiger partial charge in [-0.05, 0) is 46.9 Å². The first-order chi connectivity index (χ1) is 10.7. The number of rotatable bonds is 3. The number of benzene rings is 3. The molecule has 0 aliphatic rings. The normalized spacial score (nSPS) is 10.7. The topological polar surface area (TPSA) is 0 Å². The van der Waals surface area contributed by atoms with E-state index in [0.29, 0.717) is 5.56 Å². The van der Waals surface area contributed by atoms with Gasteiger partial charge in [-0.25, -0.2) is 4.39 Å². The Morgan fingerprint density at radius 2 is 1.18 bits per heavy atom. The first-order valence-corrected chi connectivity index (χ1v) is 7.98. The smallest absolute Gasteiger partial charge is 0.126 e. The second-order valence-corrected chi connectivity index (χ2v) is 5.77. The van der Waals surface area contributed by atoms with Crippen LogP contribution in [0.25, 0.3) is 22.3 Å². The molecular formula is C20H16FSi. The first kappa shape index (κ1) is 14.7. The molecule has 0 fully saturated rings. The molecule has 0 unspecified atom stereocenters. The van der Waals surface area contributed by atoms with E-state index in [9.17, 15) is 4.39 Å². The summed E-state index contributed by atoms with van der Waals surface area (Å²) in [6.07, 6.45) is 0. The minimum atomic E-state index is -0.160. The minimum absolute atomic E-state index is 0.160. The predicted octanol–water partition coefficient (Wildman–Crippen LogP) is 5.14. The molecule has 0 N–H and O–H groups in total. The van der Waals surface area contributed by atoms with Gasteiger partial charge in [0.2, 0.25) is 0 Å². The van der Waals surface area contributed by atoms with Crippen LogP contribution in [0.5, 0.6) is 0 Å². The first-order valence-electron chi connectivity index (χ1n) is 7.28. The van der Waals surface area contributed by atoms with Gasteiger partial charge in [0.15, 0.2) is 0 Å². The summed E-state index contributed by atoms with van der Waals surface area (Å²) < 4.78 is 13.7. The molecule has 0 heterocycles. The standard InChI is InChI=1S/C20H16FSi/c1-14-2-5-19(12-20(14)21)18-10-8-17(9-11-18)16-6-3-15(13-22)4-7-16/h2-12H,13H2,1H3. The lowest BCUT2D eigenvalue weighted by atomic mass is 9.99. The van der Waals surface area contributed by atoms with Crippen molar-refractivity contribution in [3.8, 4) is 22.3 Å². The highest BCUT2D eigenvalue weighted by Gasteiger charge is 2.03. The van der Waals surface area contributed by atoms with Crippen molar-refractivity contribution in [3.63, 3.8) is 0 Å². The Morgan fingerprint density at radius 3 is 1.68 bits per heavy atom. The summed E-state index contributed by atoms with van der Waals surface area (Å²) in [4.78, 5) is 0. The van der Waals surface area contributed by atoms with E-state index in [2.05, 4.69) is 46.6 Å². The van der Waals surface area contributed by atoms with Crippen molar-refractivity contribution in [2.24, 2.45) is 0 Å². The second kappa shape index (κ2) is 6.28. The van der Waals surface area contributed by atoms with Crippen LogP contribution in [-0.2, 0) is 6.04 Å². The highest BCUT2D eigenvalue weighted by atomic mass is 28.1. The summed E-state index contributed by atoms with van der Waals surface area (Å²) in [5.74, 6) is -0.160. The monoisotopic (exact) mass is 303 g/mol. The van der Waals surface area contributed by atoms with Crippen molar-refractivity contribution >= 4 is 10.2 Å². The maximum Gasteiger partial charge on any atom is 0.126 e. The lowest BCUT2D eigenvalue weighted by molar-refractivity contribution is 0.619. The molecule has 3 radical (unpaired) electrons. The highest BCUT2D eigenvalue weighted by Crippen LogP contribution is 2.26. The van der Waals surface area contributed by atoms with E-state index in [1.165, 1.54) is 11.1 Å². The molecule has 3 rings (SSSR count). The van der Waals surface area contributed by atoms with Gasteiger partial charge in [-0.1, -0.05) is 66.2 Å². The van der Waals surface area contributed by atoms with E-state index < -0.39 is 0 Å². The molecule has 3 aromatic rings. The molecule has 22 heavy (non-hydrogen) atoms. The summed E-state index contributed by atoms with van der Waals surface area (Å²) >= 11 is 0. The van der Waals surface area contributed by atoms with Gasteiger partial charge in [-0.15, -0.1) is 0 Å². The number of halogens is 1. The van der Waals surface area contributed by atoms with Gasteiger partial charge >= 0.3 is 0 Å². The van der Waals surface area contributed by atoms with E-state index in [0.717, 1.165) is 22.7 Å². The lowest BCUT2D eigenvalue weighted by Crippen LogP contribution is -1.86. The second-order valence-electron chi connectivity index (χ2n) is 5.42. The van der Waals surface area contributed by atoms with Gasteiger partial charge in [-0.3, -0.25) is 0 Å². The number of hydrogen-bond acceptors (Lipinski definition) is 0. The molecule has 107 valence electrons. The predicted molar refractivity (Wildman–Crippen MR) is 91.5 cm³/mol. The number of aryl methyl sites for hydroxylation is 1. The molecule has 3 aromatic carbocycles. The van der Waals surface area contributed by atoms with Gasteiger partial charge in [0.25, 0.3) is 0 Å². The van der Waals surface area contributed by atoms with Crippen molar-refractivity contribution in [2.45, 2.75) is 13.0 Å². The number of hydrogen-bond donors (Lipinski definition) is 0. The summed E-state index contributed by atoms with van der Waals surface area (Å²) in [5.41, 5.74) is 6.21. The van der Waals surface area contributed by atoms with Crippen LogP contribution in [0, 0.1) is 12.7 Å². The zero-order chi connectivity index (χ0) is 15.5. The minimum Gasteiger partial charge on any atom is -0.207 e.